The molecule has 0 atom stereocenters. The van der Waals surface area contributed by atoms with Crippen LogP contribution in [0.25, 0.3) is 11.1 Å². The van der Waals surface area contributed by atoms with Gasteiger partial charge in [0.05, 0.1) is 7.11 Å². The summed E-state index contributed by atoms with van der Waals surface area (Å²) in [4.78, 5) is 0. The molecule has 2 aromatic rings. The van der Waals surface area contributed by atoms with E-state index in [2.05, 4.69) is 37.3 Å². The second kappa shape index (κ2) is 5.02. The van der Waals surface area contributed by atoms with Gasteiger partial charge < -0.3 is 10.5 Å². The first kappa shape index (κ1) is 11.7. The molecule has 0 aliphatic carbocycles. The molecular weight excluding hydrogens is 210 g/mol. The van der Waals surface area contributed by atoms with Crippen LogP contribution in [0.3, 0.4) is 0 Å². The molecular formula is C15H17NO. The average Bonchev–Trinajstić information content (AvgIpc) is 2.38. The van der Waals surface area contributed by atoms with Gasteiger partial charge in [0.15, 0.2) is 0 Å². The minimum Gasteiger partial charge on any atom is -0.497 e. The van der Waals surface area contributed by atoms with Gasteiger partial charge in [-0.2, -0.15) is 0 Å². The van der Waals surface area contributed by atoms with Gasteiger partial charge in [-0.1, -0.05) is 35.9 Å². The Morgan fingerprint density at radius 1 is 1.12 bits per heavy atom. The number of hydrogen-bond donors (Lipinski definition) is 1. The maximum absolute atomic E-state index is 5.79. The standard InChI is InChI=1S/C15H17NO/c1-11-4-3-5-12(8-11)15-7-6-14(17-2)9-13(15)10-16/h3-9H,10,16H2,1-2H3. The lowest BCUT2D eigenvalue weighted by molar-refractivity contribution is 0.414. The zero-order chi connectivity index (χ0) is 12.3. The van der Waals surface area contributed by atoms with Gasteiger partial charge in [-0.25, -0.2) is 0 Å². The van der Waals surface area contributed by atoms with Crippen LogP contribution in [0.5, 0.6) is 5.75 Å². The predicted molar refractivity (Wildman–Crippen MR) is 71.1 cm³/mol. The Hall–Kier alpha value is -1.80. The monoisotopic (exact) mass is 227 g/mol. The van der Waals surface area contributed by atoms with Crippen molar-refractivity contribution < 1.29 is 4.74 Å². The molecule has 0 aromatic heterocycles. The Balaban J connectivity index is 2.51. The van der Waals surface area contributed by atoms with Crippen LogP contribution in [0.1, 0.15) is 11.1 Å². The fraction of sp³-hybridized carbons (Fsp3) is 0.200. The van der Waals surface area contributed by atoms with Crippen LogP contribution in [0.15, 0.2) is 42.5 Å². The quantitative estimate of drug-likeness (QED) is 0.874. The van der Waals surface area contributed by atoms with Crippen molar-refractivity contribution in [1.82, 2.24) is 0 Å². The molecule has 0 radical (unpaired) electrons. The molecule has 0 bridgehead atoms. The van der Waals surface area contributed by atoms with Gasteiger partial charge in [0, 0.05) is 6.54 Å². The van der Waals surface area contributed by atoms with Gasteiger partial charge in [0.1, 0.15) is 5.75 Å². The fourth-order valence-corrected chi connectivity index (χ4v) is 1.96. The second-order valence-corrected chi connectivity index (χ2v) is 4.10. The van der Waals surface area contributed by atoms with Crippen LogP contribution in [-0.2, 0) is 6.54 Å². The molecule has 0 saturated carbocycles. The van der Waals surface area contributed by atoms with Crippen molar-refractivity contribution in [2.24, 2.45) is 5.73 Å². The summed E-state index contributed by atoms with van der Waals surface area (Å²) in [6.45, 7) is 2.61. The first-order valence-corrected chi connectivity index (χ1v) is 5.68. The van der Waals surface area contributed by atoms with Crippen LogP contribution in [0, 0.1) is 6.92 Å². The Morgan fingerprint density at radius 3 is 2.59 bits per heavy atom. The number of benzene rings is 2. The summed E-state index contributed by atoms with van der Waals surface area (Å²) >= 11 is 0. The molecule has 17 heavy (non-hydrogen) atoms. The summed E-state index contributed by atoms with van der Waals surface area (Å²) in [7, 11) is 1.67. The Labute approximate surface area is 102 Å². The van der Waals surface area contributed by atoms with Crippen LogP contribution < -0.4 is 10.5 Å². The van der Waals surface area contributed by atoms with Gasteiger partial charge in [-0.15, -0.1) is 0 Å². The summed E-state index contributed by atoms with van der Waals surface area (Å²) in [5.41, 5.74) is 10.5. The van der Waals surface area contributed by atoms with Crippen molar-refractivity contribution >= 4 is 0 Å². The van der Waals surface area contributed by atoms with Gasteiger partial charge in [-0.3, -0.25) is 0 Å². The SMILES string of the molecule is COc1ccc(-c2cccc(C)c2)c(CN)c1. The highest BCUT2D eigenvalue weighted by atomic mass is 16.5. The maximum atomic E-state index is 5.79. The third kappa shape index (κ3) is 2.48. The molecule has 0 fully saturated rings. The van der Waals surface area contributed by atoms with Crippen molar-refractivity contribution in [2.75, 3.05) is 7.11 Å². The lowest BCUT2D eigenvalue weighted by Gasteiger charge is -2.10. The summed E-state index contributed by atoms with van der Waals surface area (Å²) in [5, 5.41) is 0. The third-order valence-corrected chi connectivity index (χ3v) is 2.86. The molecule has 2 heteroatoms. The van der Waals surface area contributed by atoms with Crippen LogP contribution in [-0.4, -0.2) is 7.11 Å². The second-order valence-electron chi connectivity index (χ2n) is 4.10. The minimum atomic E-state index is 0.514. The van der Waals surface area contributed by atoms with Crippen molar-refractivity contribution in [3.63, 3.8) is 0 Å². The predicted octanol–water partition coefficient (Wildman–Crippen LogP) is 3.13. The average molecular weight is 227 g/mol. The van der Waals surface area contributed by atoms with Crippen LogP contribution >= 0.6 is 0 Å². The molecule has 0 aliphatic heterocycles. The number of rotatable bonds is 3. The highest BCUT2D eigenvalue weighted by Crippen LogP contribution is 2.27. The van der Waals surface area contributed by atoms with E-state index >= 15 is 0 Å². The molecule has 2 nitrogen and oxygen atoms in total. The van der Waals surface area contributed by atoms with Gasteiger partial charge in [0.2, 0.25) is 0 Å². The number of aryl methyl sites for hydroxylation is 1. The van der Waals surface area contributed by atoms with E-state index < -0.39 is 0 Å². The van der Waals surface area contributed by atoms with Crippen LogP contribution in [0.4, 0.5) is 0 Å². The molecule has 0 saturated heterocycles. The molecule has 0 aliphatic rings. The molecule has 2 aromatic carbocycles. The summed E-state index contributed by atoms with van der Waals surface area (Å²) in [5.74, 6) is 0.849. The molecule has 0 heterocycles. The number of methoxy groups -OCH3 is 1. The summed E-state index contributed by atoms with van der Waals surface area (Å²) in [6.07, 6.45) is 0. The lowest BCUT2D eigenvalue weighted by atomic mass is 9.98. The highest BCUT2D eigenvalue weighted by Gasteiger charge is 2.05. The van der Waals surface area contributed by atoms with E-state index in [0.29, 0.717) is 6.54 Å². The lowest BCUT2D eigenvalue weighted by Crippen LogP contribution is -1.99. The zero-order valence-corrected chi connectivity index (χ0v) is 10.2. The topological polar surface area (TPSA) is 35.2 Å². The van der Waals surface area contributed by atoms with E-state index in [1.54, 1.807) is 7.11 Å². The van der Waals surface area contributed by atoms with Gasteiger partial charge in [-0.05, 0) is 35.7 Å². The van der Waals surface area contributed by atoms with Crippen molar-refractivity contribution in [1.29, 1.82) is 0 Å². The van der Waals surface area contributed by atoms with Crippen molar-refractivity contribution in [3.05, 3.63) is 53.6 Å². The van der Waals surface area contributed by atoms with Gasteiger partial charge >= 0.3 is 0 Å². The molecule has 88 valence electrons. The summed E-state index contributed by atoms with van der Waals surface area (Å²) in [6, 6.07) is 14.5. The number of ether oxygens (including phenoxy) is 1. The normalized spacial score (nSPS) is 10.3. The molecule has 0 amide bonds. The highest BCUT2D eigenvalue weighted by molar-refractivity contribution is 5.69. The minimum absolute atomic E-state index is 0.514. The Kier molecular flexibility index (Phi) is 3.45. The number of hydrogen-bond acceptors (Lipinski definition) is 2. The summed E-state index contributed by atoms with van der Waals surface area (Å²) < 4.78 is 5.22. The van der Waals surface area contributed by atoms with Gasteiger partial charge in [0.25, 0.3) is 0 Å². The van der Waals surface area contributed by atoms with E-state index in [1.807, 2.05) is 12.1 Å². The molecule has 0 unspecified atom stereocenters. The van der Waals surface area contributed by atoms with E-state index in [1.165, 1.54) is 16.7 Å². The Bertz CT molecular complexity index is 520. The fourth-order valence-electron chi connectivity index (χ4n) is 1.96. The maximum Gasteiger partial charge on any atom is 0.119 e. The van der Waals surface area contributed by atoms with Crippen LogP contribution in [0.2, 0.25) is 0 Å². The number of nitrogens with two attached hydrogens (primary N) is 1. The Morgan fingerprint density at radius 2 is 1.94 bits per heavy atom. The molecule has 2 rings (SSSR count). The van der Waals surface area contributed by atoms with Crippen molar-refractivity contribution in [2.45, 2.75) is 13.5 Å². The third-order valence-electron chi connectivity index (χ3n) is 2.86. The molecule has 0 spiro atoms. The van der Waals surface area contributed by atoms with E-state index in [-0.39, 0.29) is 0 Å². The molecule has 2 N–H and O–H groups in total. The smallest absolute Gasteiger partial charge is 0.119 e. The first-order valence-electron chi connectivity index (χ1n) is 5.68. The zero-order valence-electron chi connectivity index (χ0n) is 10.2. The van der Waals surface area contributed by atoms with Crippen molar-refractivity contribution in [3.8, 4) is 16.9 Å². The van der Waals surface area contributed by atoms with E-state index in [4.69, 9.17) is 10.5 Å². The first-order chi connectivity index (χ1) is 8.24. The van der Waals surface area contributed by atoms with E-state index in [9.17, 15) is 0 Å². The largest absolute Gasteiger partial charge is 0.497 e. The van der Waals surface area contributed by atoms with E-state index in [0.717, 1.165) is 11.3 Å².